The van der Waals surface area contributed by atoms with Gasteiger partial charge in [-0.15, -0.1) is 11.3 Å². The topological polar surface area (TPSA) is 68.0 Å². The first-order valence-electron chi connectivity index (χ1n) is 6.27. The molecular weight excluding hydrogens is 272 g/mol. The second-order valence-corrected chi connectivity index (χ2v) is 5.84. The van der Waals surface area contributed by atoms with Crippen LogP contribution in [0.2, 0.25) is 0 Å². The minimum atomic E-state index is -2.61. The lowest BCUT2D eigenvalue weighted by molar-refractivity contribution is -0.124. The third-order valence-electron chi connectivity index (χ3n) is 3.31. The summed E-state index contributed by atoms with van der Waals surface area (Å²) in [7, 11) is 0. The van der Waals surface area contributed by atoms with Gasteiger partial charge in [0.1, 0.15) is 0 Å². The zero-order chi connectivity index (χ0) is 14.0. The zero-order valence-electron chi connectivity index (χ0n) is 10.7. The number of nitrogens with one attached hydrogen (secondary N) is 1. The van der Waals surface area contributed by atoms with Gasteiger partial charge in [-0.1, -0.05) is 0 Å². The van der Waals surface area contributed by atoms with Gasteiger partial charge < -0.3 is 11.1 Å². The Kier molecular flexibility index (Phi) is 4.15. The van der Waals surface area contributed by atoms with Crippen molar-refractivity contribution in [1.82, 2.24) is 4.98 Å². The molecule has 1 atom stereocenters. The maximum atomic E-state index is 13.0. The van der Waals surface area contributed by atoms with Gasteiger partial charge >= 0.3 is 0 Å². The molecule has 1 unspecified atom stereocenters. The predicted octanol–water partition coefficient (Wildman–Crippen LogP) is 2.93. The van der Waals surface area contributed by atoms with Gasteiger partial charge in [0.2, 0.25) is 11.8 Å². The van der Waals surface area contributed by atoms with Gasteiger partial charge in [0.25, 0.3) is 0 Å². The fourth-order valence-corrected chi connectivity index (χ4v) is 2.88. The maximum absolute atomic E-state index is 13.0. The Balaban J connectivity index is 1.90. The van der Waals surface area contributed by atoms with E-state index in [2.05, 4.69) is 10.3 Å². The molecule has 19 heavy (non-hydrogen) atoms. The zero-order valence-corrected chi connectivity index (χ0v) is 11.5. The number of hydrogen-bond donors (Lipinski definition) is 2. The average Bonchev–Trinajstić information content (AvgIpc) is 2.77. The fourth-order valence-electron chi connectivity index (χ4n) is 2.06. The van der Waals surface area contributed by atoms with Crippen molar-refractivity contribution in [1.29, 1.82) is 0 Å². The molecule has 1 fully saturated rings. The number of anilines is 1. The molecule has 1 aliphatic rings. The largest absolute Gasteiger partial charge is 0.323 e. The first-order valence-corrected chi connectivity index (χ1v) is 7.15. The summed E-state index contributed by atoms with van der Waals surface area (Å²) in [6.07, 6.45) is 0.0246. The molecule has 7 heteroatoms. The van der Waals surface area contributed by atoms with Gasteiger partial charge in [0, 0.05) is 30.2 Å². The molecule has 0 saturated heterocycles. The molecule has 1 aromatic heterocycles. The normalized spacial score (nSPS) is 21.1. The van der Waals surface area contributed by atoms with E-state index < -0.39 is 5.92 Å². The molecule has 106 valence electrons. The molecule has 3 N–H and O–H groups in total. The molecule has 1 amide bonds. The van der Waals surface area contributed by atoms with Crippen molar-refractivity contribution in [3.8, 4) is 0 Å². The van der Waals surface area contributed by atoms with Crippen molar-refractivity contribution in [2.24, 2.45) is 11.7 Å². The number of nitrogens with zero attached hydrogens (tertiary/aromatic N) is 1. The lowest BCUT2D eigenvalue weighted by Crippen LogP contribution is -2.31. The number of thiazole rings is 1. The molecule has 2 rings (SSSR count). The molecule has 1 saturated carbocycles. The number of rotatable bonds is 3. The standard InChI is InChI=1S/C12H17F2N3OS/c1-7(15)9-6-19-11(16-9)17-10(18)8-2-4-12(13,14)5-3-8/h6-8H,2-5,15H2,1H3,(H,16,17,18). The van der Waals surface area contributed by atoms with E-state index in [1.54, 1.807) is 5.38 Å². The summed E-state index contributed by atoms with van der Waals surface area (Å²) in [5, 5.41) is 4.95. The Morgan fingerprint density at radius 1 is 1.58 bits per heavy atom. The summed E-state index contributed by atoms with van der Waals surface area (Å²) in [5.74, 6) is -3.18. The number of carbonyl (C=O) groups excluding carboxylic acids is 1. The van der Waals surface area contributed by atoms with E-state index >= 15 is 0 Å². The highest BCUT2D eigenvalue weighted by Gasteiger charge is 2.37. The number of nitrogens with two attached hydrogens (primary N) is 1. The van der Waals surface area contributed by atoms with Crippen LogP contribution in [0.5, 0.6) is 0 Å². The Morgan fingerprint density at radius 3 is 2.74 bits per heavy atom. The highest BCUT2D eigenvalue weighted by molar-refractivity contribution is 7.13. The summed E-state index contributed by atoms with van der Waals surface area (Å²) >= 11 is 1.30. The Morgan fingerprint density at radius 2 is 2.21 bits per heavy atom. The van der Waals surface area contributed by atoms with Crippen LogP contribution in [0, 0.1) is 5.92 Å². The lowest BCUT2D eigenvalue weighted by atomic mass is 9.86. The molecule has 0 spiro atoms. The number of carbonyl (C=O) groups is 1. The van der Waals surface area contributed by atoms with Crippen molar-refractivity contribution in [3.05, 3.63) is 11.1 Å². The van der Waals surface area contributed by atoms with E-state index in [1.807, 2.05) is 6.92 Å². The van der Waals surface area contributed by atoms with Crippen molar-refractivity contribution in [2.45, 2.75) is 44.6 Å². The van der Waals surface area contributed by atoms with E-state index in [-0.39, 0.29) is 43.6 Å². The van der Waals surface area contributed by atoms with Crippen LogP contribution in [0.15, 0.2) is 5.38 Å². The Bertz CT molecular complexity index is 452. The van der Waals surface area contributed by atoms with Crippen LogP contribution < -0.4 is 11.1 Å². The highest BCUT2D eigenvalue weighted by atomic mass is 32.1. The number of amides is 1. The molecule has 0 bridgehead atoms. The summed E-state index contributed by atoms with van der Waals surface area (Å²) in [4.78, 5) is 16.1. The van der Waals surface area contributed by atoms with E-state index in [0.29, 0.717) is 5.13 Å². The second kappa shape index (κ2) is 5.50. The van der Waals surface area contributed by atoms with Crippen molar-refractivity contribution in [2.75, 3.05) is 5.32 Å². The molecule has 0 radical (unpaired) electrons. The molecule has 1 heterocycles. The smallest absolute Gasteiger partial charge is 0.248 e. The summed E-state index contributed by atoms with van der Waals surface area (Å²) in [5.41, 5.74) is 6.40. The first kappa shape index (κ1) is 14.3. The van der Waals surface area contributed by atoms with E-state index in [1.165, 1.54) is 11.3 Å². The van der Waals surface area contributed by atoms with Crippen LogP contribution in [-0.2, 0) is 4.79 Å². The average molecular weight is 289 g/mol. The van der Waals surface area contributed by atoms with Crippen LogP contribution >= 0.6 is 11.3 Å². The fraction of sp³-hybridized carbons (Fsp3) is 0.667. The van der Waals surface area contributed by atoms with Gasteiger partial charge in [-0.3, -0.25) is 4.79 Å². The third kappa shape index (κ3) is 3.70. The van der Waals surface area contributed by atoms with E-state index in [0.717, 1.165) is 5.69 Å². The van der Waals surface area contributed by atoms with E-state index in [9.17, 15) is 13.6 Å². The molecule has 0 aromatic carbocycles. The minimum absolute atomic E-state index is 0.185. The summed E-state index contributed by atoms with van der Waals surface area (Å²) in [6, 6.07) is -0.185. The molecular formula is C12H17F2N3OS. The van der Waals surface area contributed by atoms with Crippen LogP contribution in [0.1, 0.15) is 44.3 Å². The summed E-state index contributed by atoms with van der Waals surface area (Å²) in [6.45, 7) is 1.81. The van der Waals surface area contributed by atoms with Gasteiger partial charge in [0.15, 0.2) is 5.13 Å². The van der Waals surface area contributed by atoms with Crippen molar-refractivity contribution < 1.29 is 13.6 Å². The number of hydrogen-bond acceptors (Lipinski definition) is 4. The number of aromatic nitrogens is 1. The number of alkyl halides is 2. The van der Waals surface area contributed by atoms with Crippen molar-refractivity contribution >= 4 is 22.4 Å². The van der Waals surface area contributed by atoms with Gasteiger partial charge in [0.05, 0.1) is 5.69 Å². The van der Waals surface area contributed by atoms with Crippen LogP contribution in [0.4, 0.5) is 13.9 Å². The maximum Gasteiger partial charge on any atom is 0.248 e. The second-order valence-electron chi connectivity index (χ2n) is 4.99. The SMILES string of the molecule is CC(N)c1csc(NC(=O)C2CCC(F)(F)CC2)n1. The molecule has 0 aliphatic heterocycles. The molecule has 1 aliphatic carbocycles. The van der Waals surface area contributed by atoms with Gasteiger partial charge in [-0.25, -0.2) is 13.8 Å². The highest BCUT2D eigenvalue weighted by Crippen LogP contribution is 2.36. The Hall–Kier alpha value is -1.08. The Labute approximate surface area is 114 Å². The van der Waals surface area contributed by atoms with Crippen LogP contribution in [0.25, 0.3) is 0 Å². The van der Waals surface area contributed by atoms with E-state index in [4.69, 9.17) is 5.73 Å². The lowest BCUT2D eigenvalue weighted by Gasteiger charge is -2.27. The van der Waals surface area contributed by atoms with Crippen LogP contribution in [0.3, 0.4) is 0 Å². The number of halogens is 2. The van der Waals surface area contributed by atoms with Crippen LogP contribution in [-0.4, -0.2) is 16.8 Å². The quantitative estimate of drug-likeness (QED) is 0.899. The summed E-state index contributed by atoms with van der Waals surface area (Å²) < 4.78 is 26.0. The van der Waals surface area contributed by atoms with Gasteiger partial charge in [-0.05, 0) is 19.8 Å². The monoisotopic (exact) mass is 289 g/mol. The predicted molar refractivity (Wildman–Crippen MR) is 70.3 cm³/mol. The van der Waals surface area contributed by atoms with Crippen molar-refractivity contribution in [3.63, 3.8) is 0 Å². The first-order chi connectivity index (χ1) is 8.87. The third-order valence-corrected chi connectivity index (χ3v) is 4.08. The van der Waals surface area contributed by atoms with Gasteiger partial charge in [-0.2, -0.15) is 0 Å². The molecule has 1 aromatic rings. The minimum Gasteiger partial charge on any atom is -0.323 e. The molecule has 4 nitrogen and oxygen atoms in total.